The fourth-order valence-corrected chi connectivity index (χ4v) is 1.89. The van der Waals surface area contributed by atoms with Gasteiger partial charge in [0.1, 0.15) is 5.75 Å². The third-order valence-corrected chi connectivity index (χ3v) is 3.06. The Labute approximate surface area is 149 Å². The van der Waals surface area contributed by atoms with E-state index in [0.717, 1.165) is 24.3 Å². The number of hydrogen-bond donors (Lipinski definition) is 2. The summed E-state index contributed by atoms with van der Waals surface area (Å²) in [5.41, 5.74) is -7.92. The Bertz CT molecular complexity index is 648. The SMILES string of the molecule is CCC(=O)N[C@](Nc1ccc(OC(F)(F)Cl)cc1)(C(=O)OC)C(F)(F)F. The minimum atomic E-state index is -5.29. The zero-order valence-electron chi connectivity index (χ0n) is 13.4. The lowest BCUT2D eigenvalue weighted by Gasteiger charge is -2.35. The maximum absolute atomic E-state index is 13.6. The number of esters is 1. The molecule has 0 spiro atoms. The molecule has 0 saturated heterocycles. The third kappa shape index (κ3) is 5.35. The summed E-state index contributed by atoms with van der Waals surface area (Å²) in [7, 11) is 0.710. The Morgan fingerprint density at radius 2 is 1.65 bits per heavy atom. The fraction of sp³-hybridized carbons (Fsp3) is 0.429. The fourth-order valence-electron chi connectivity index (χ4n) is 1.80. The Kier molecular flexibility index (Phi) is 6.64. The van der Waals surface area contributed by atoms with Crippen LogP contribution in [0, 0.1) is 0 Å². The molecule has 0 aliphatic carbocycles. The molecule has 12 heteroatoms. The van der Waals surface area contributed by atoms with Crippen molar-refractivity contribution < 1.29 is 41.0 Å². The van der Waals surface area contributed by atoms with E-state index >= 15 is 0 Å². The van der Waals surface area contributed by atoms with Crippen molar-refractivity contribution in [1.82, 2.24) is 5.32 Å². The molecule has 0 unspecified atom stereocenters. The van der Waals surface area contributed by atoms with Crippen molar-refractivity contribution in [3.05, 3.63) is 24.3 Å². The molecular formula is C14H14ClF5N2O4. The third-order valence-electron chi connectivity index (χ3n) is 2.98. The molecule has 1 aromatic rings. The average Bonchev–Trinajstić information content (AvgIpc) is 2.52. The predicted octanol–water partition coefficient (Wildman–Crippen LogP) is 3.22. The van der Waals surface area contributed by atoms with Gasteiger partial charge in [-0.05, 0) is 24.3 Å². The number of ether oxygens (including phenoxy) is 2. The predicted molar refractivity (Wildman–Crippen MR) is 80.7 cm³/mol. The highest BCUT2D eigenvalue weighted by molar-refractivity contribution is 6.20. The highest BCUT2D eigenvalue weighted by Crippen LogP contribution is 2.34. The van der Waals surface area contributed by atoms with E-state index in [1.54, 1.807) is 5.32 Å². The van der Waals surface area contributed by atoms with Crippen LogP contribution in [0.4, 0.5) is 27.6 Å². The Morgan fingerprint density at radius 3 is 2.04 bits per heavy atom. The Balaban J connectivity index is 3.23. The second kappa shape index (κ2) is 7.94. The molecule has 26 heavy (non-hydrogen) atoms. The number of nitrogens with one attached hydrogen (secondary N) is 2. The second-order valence-corrected chi connectivity index (χ2v) is 5.28. The maximum atomic E-state index is 13.6. The van der Waals surface area contributed by atoms with Gasteiger partial charge in [0.15, 0.2) is 0 Å². The smallest absolute Gasteiger partial charge is 0.466 e. The number of amides is 1. The van der Waals surface area contributed by atoms with Gasteiger partial charge in [-0.3, -0.25) is 4.79 Å². The quantitative estimate of drug-likeness (QED) is 0.316. The van der Waals surface area contributed by atoms with E-state index in [1.807, 2.05) is 5.32 Å². The van der Waals surface area contributed by atoms with Crippen LogP contribution < -0.4 is 15.4 Å². The number of carbonyl (C=O) groups excluding carboxylic acids is 2. The molecule has 0 aliphatic heterocycles. The molecule has 146 valence electrons. The van der Waals surface area contributed by atoms with E-state index in [-0.39, 0.29) is 12.1 Å². The molecular weight excluding hydrogens is 391 g/mol. The summed E-state index contributed by atoms with van der Waals surface area (Å²) >= 11 is 4.58. The summed E-state index contributed by atoms with van der Waals surface area (Å²) in [5, 5.41) is 3.38. The van der Waals surface area contributed by atoms with E-state index in [4.69, 9.17) is 0 Å². The van der Waals surface area contributed by atoms with Crippen LogP contribution in [-0.4, -0.2) is 36.4 Å². The number of rotatable bonds is 7. The van der Waals surface area contributed by atoms with Crippen molar-refractivity contribution in [2.24, 2.45) is 0 Å². The number of halogens is 6. The lowest BCUT2D eigenvalue weighted by Crippen LogP contribution is -2.69. The molecule has 0 fully saturated rings. The van der Waals surface area contributed by atoms with Gasteiger partial charge in [0, 0.05) is 23.7 Å². The van der Waals surface area contributed by atoms with Gasteiger partial charge in [0.05, 0.1) is 7.11 Å². The van der Waals surface area contributed by atoms with E-state index in [2.05, 4.69) is 21.1 Å². The summed E-state index contributed by atoms with van der Waals surface area (Å²) in [6.07, 6.45) is -5.63. The number of anilines is 1. The largest absolute Gasteiger partial charge is 0.487 e. The van der Waals surface area contributed by atoms with Gasteiger partial charge >= 0.3 is 23.4 Å². The first-order valence-electron chi connectivity index (χ1n) is 6.94. The number of carbonyl (C=O) groups is 2. The molecule has 0 aromatic heterocycles. The normalized spacial score (nSPS) is 14.2. The standard InChI is InChI=1S/C14H14ClF5N2O4/c1-3-10(23)22-12(11(24)25-2,13(16,17)18)21-8-4-6-9(7-5-8)26-14(15,19)20/h4-7,21H,3H2,1-2H3,(H,22,23)/t12-/m1/s1. The summed E-state index contributed by atoms with van der Waals surface area (Å²) < 4.78 is 74.0. The second-order valence-electron chi connectivity index (χ2n) is 4.84. The molecule has 0 heterocycles. The van der Waals surface area contributed by atoms with Crippen molar-refractivity contribution in [3.8, 4) is 5.75 Å². The van der Waals surface area contributed by atoms with E-state index in [9.17, 15) is 31.5 Å². The number of benzene rings is 1. The molecule has 0 bridgehead atoms. The molecule has 2 N–H and O–H groups in total. The van der Waals surface area contributed by atoms with Crippen molar-refractivity contribution in [2.75, 3.05) is 12.4 Å². The van der Waals surface area contributed by atoms with Gasteiger partial charge in [0.25, 0.3) is 0 Å². The van der Waals surface area contributed by atoms with Gasteiger partial charge in [-0.25, -0.2) is 4.79 Å². The number of hydrogen-bond acceptors (Lipinski definition) is 5. The van der Waals surface area contributed by atoms with Crippen LogP contribution in [0.3, 0.4) is 0 Å². The first-order chi connectivity index (χ1) is 11.8. The summed E-state index contributed by atoms with van der Waals surface area (Å²) in [6, 6.07) is 3.61. The van der Waals surface area contributed by atoms with Crippen molar-refractivity contribution in [1.29, 1.82) is 0 Å². The summed E-state index contributed by atoms with van der Waals surface area (Å²) in [5.74, 6) is -3.34. The molecule has 0 aliphatic rings. The van der Waals surface area contributed by atoms with Gasteiger partial charge in [-0.2, -0.15) is 13.2 Å². The topological polar surface area (TPSA) is 76.7 Å². The molecule has 0 radical (unpaired) electrons. The van der Waals surface area contributed by atoms with Crippen LogP contribution in [-0.2, 0) is 14.3 Å². The minimum absolute atomic E-state index is 0.339. The van der Waals surface area contributed by atoms with Crippen LogP contribution >= 0.6 is 11.6 Å². The van der Waals surface area contributed by atoms with Crippen molar-refractivity contribution in [3.63, 3.8) is 0 Å². The summed E-state index contributed by atoms with van der Waals surface area (Å²) in [6.45, 7) is 1.28. The first-order valence-corrected chi connectivity index (χ1v) is 7.32. The zero-order chi connectivity index (χ0) is 20.2. The Morgan fingerprint density at radius 1 is 1.12 bits per heavy atom. The summed E-state index contributed by atoms with van der Waals surface area (Å²) in [4.78, 5) is 23.3. The minimum Gasteiger partial charge on any atom is -0.466 e. The lowest BCUT2D eigenvalue weighted by molar-refractivity contribution is -0.206. The molecule has 1 rings (SSSR count). The van der Waals surface area contributed by atoms with Gasteiger partial charge in [-0.15, -0.1) is 8.78 Å². The van der Waals surface area contributed by atoms with Crippen LogP contribution in [0.5, 0.6) is 5.75 Å². The lowest BCUT2D eigenvalue weighted by atomic mass is 10.1. The first kappa shape index (κ1) is 21.7. The Hall–Kier alpha value is -2.30. The van der Waals surface area contributed by atoms with Gasteiger partial charge in [-0.1, -0.05) is 6.92 Å². The number of alkyl halides is 6. The van der Waals surface area contributed by atoms with E-state index < -0.39 is 35.0 Å². The van der Waals surface area contributed by atoms with Gasteiger partial charge < -0.3 is 20.1 Å². The molecule has 1 aromatic carbocycles. The van der Waals surface area contributed by atoms with E-state index in [1.165, 1.54) is 6.92 Å². The highest BCUT2D eigenvalue weighted by atomic mass is 35.5. The monoisotopic (exact) mass is 404 g/mol. The molecule has 0 saturated carbocycles. The van der Waals surface area contributed by atoms with E-state index in [0.29, 0.717) is 7.11 Å². The van der Waals surface area contributed by atoms with Crippen LogP contribution in [0.1, 0.15) is 13.3 Å². The van der Waals surface area contributed by atoms with Crippen LogP contribution in [0.25, 0.3) is 0 Å². The molecule has 1 atom stereocenters. The molecule has 6 nitrogen and oxygen atoms in total. The zero-order valence-corrected chi connectivity index (χ0v) is 14.2. The van der Waals surface area contributed by atoms with Gasteiger partial charge in [0.2, 0.25) is 5.91 Å². The van der Waals surface area contributed by atoms with Crippen LogP contribution in [0.15, 0.2) is 24.3 Å². The van der Waals surface area contributed by atoms with Crippen molar-refractivity contribution >= 4 is 29.2 Å². The number of methoxy groups -OCH3 is 1. The van der Waals surface area contributed by atoms with Crippen LogP contribution in [0.2, 0.25) is 0 Å². The maximum Gasteiger partial charge on any atom is 0.487 e. The van der Waals surface area contributed by atoms with Crippen molar-refractivity contribution in [2.45, 2.75) is 30.8 Å². The molecule has 1 amide bonds. The average molecular weight is 405 g/mol. The highest BCUT2D eigenvalue weighted by Gasteiger charge is 2.63.